The Morgan fingerprint density at radius 2 is 2.21 bits per heavy atom. The summed E-state index contributed by atoms with van der Waals surface area (Å²) in [6.07, 6.45) is 1.83. The first-order valence-electron chi connectivity index (χ1n) is 5.68. The fourth-order valence-corrected chi connectivity index (χ4v) is 4.43. The number of hydrogen-bond donors (Lipinski definition) is 0. The maximum Gasteiger partial charge on any atom is 0.247 e. The first-order chi connectivity index (χ1) is 9.05. The predicted octanol–water partition coefficient (Wildman–Crippen LogP) is 2.92. The summed E-state index contributed by atoms with van der Waals surface area (Å²) in [5.41, 5.74) is 1.85. The van der Waals surface area contributed by atoms with E-state index < -0.39 is 10.0 Å². The lowest BCUT2D eigenvalue weighted by molar-refractivity contribution is 0.375. The lowest BCUT2D eigenvalue weighted by atomic mass is 10.1. The summed E-state index contributed by atoms with van der Waals surface area (Å²) >= 11 is 3.15. The minimum atomic E-state index is -3.35. The zero-order valence-electron chi connectivity index (χ0n) is 10.2. The third kappa shape index (κ3) is 2.45. The number of sulfonamides is 1. The minimum Gasteiger partial charge on any atom is -0.205 e. The van der Waals surface area contributed by atoms with Crippen LogP contribution in [0.3, 0.4) is 0 Å². The molecule has 0 amide bonds. The molecule has 2 aromatic heterocycles. The van der Waals surface area contributed by atoms with Crippen molar-refractivity contribution in [1.82, 2.24) is 4.41 Å². The van der Waals surface area contributed by atoms with Crippen molar-refractivity contribution in [3.63, 3.8) is 0 Å². The van der Waals surface area contributed by atoms with E-state index in [2.05, 4.69) is 5.10 Å². The molecule has 0 N–H and O–H groups in total. The fraction of sp³-hybridized carbons (Fsp3) is 0.250. The van der Waals surface area contributed by atoms with Crippen molar-refractivity contribution in [1.29, 1.82) is 0 Å². The first-order valence-corrected chi connectivity index (χ1v) is 9.35. The van der Waals surface area contributed by atoms with E-state index in [-0.39, 0.29) is 6.04 Å². The highest BCUT2D eigenvalue weighted by atomic mass is 32.2. The van der Waals surface area contributed by atoms with Crippen LogP contribution in [0.4, 0.5) is 0 Å². The second-order valence-electron chi connectivity index (χ2n) is 4.34. The molecule has 3 rings (SSSR count). The third-order valence-corrected chi connectivity index (χ3v) is 5.58. The molecule has 0 aliphatic carbocycles. The van der Waals surface area contributed by atoms with Crippen LogP contribution in [0.2, 0.25) is 0 Å². The van der Waals surface area contributed by atoms with Crippen LogP contribution >= 0.6 is 22.7 Å². The van der Waals surface area contributed by atoms with Gasteiger partial charge in [-0.2, -0.15) is 20.9 Å². The second-order valence-corrected chi connectivity index (χ2v) is 7.90. The van der Waals surface area contributed by atoms with Crippen LogP contribution in [0.25, 0.3) is 0 Å². The lowest BCUT2D eigenvalue weighted by Gasteiger charge is -2.20. The summed E-state index contributed by atoms with van der Waals surface area (Å²) < 4.78 is 25.0. The van der Waals surface area contributed by atoms with Crippen LogP contribution < -0.4 is 0 Å². The van der Waals surface area contributed by atoms with Crippen molar-refractivity contribution in [2.75, 3.05) is 6.26 Å². The Kier molecular flexibility index (Phi) is 3.20. The molecule has 1 atom stereocenters. The summed E-state index contributed by atoms with van der Waals surface area (Å²) in [6.45, 7) is 0. The fourth-order valence-electron chi connectivity index (χ4n) is 2.10. The molecule has 2 aromatic rings. The number of hydrogen-bond acceptors (Lipinski definition) is 5. The molecule has 0 radical (unpaired) electrons. The highest BCUT2D eigenvalue weighted by molar-refractivity contribution is 7.88. The minimum absolute atomic E-state index is 0.210. The van der Waals surface area contributed by atoms with Crippen molar-refractivity contribution in [3.8, 4) is 0 Å². The number of rotatable bonds is 3. The van der Waals surface area contributed by atoms with Crippen LogP contribution in [0, 0.1) is 0 Å². The van der Waals surface area contributed by atoms with Crippen molar-refractivity contribution >= 4 is 38.4 Å². The molecule has 3 heterocycles. The van der Waals surface area contributed by atoms with E-state index in [1.165, 1.54) is 10.7 Å². The SMILES string of the molecule is CS(=O)(=O)N1N=C(c2cccs2)C[C@H]1c1ccsc1. The molecule has 0 bridgehead atoms. The Morgan fingerprint density at radius 1 is 1.37 bits per heavy atom. The van der Waals surface area contributed by atoms with Gasteiger partial charge in [0.15, 0.2) is 0 Å². The highest BCUT2D eigenvalue weighted by Gasteiger charge is 2.34. The molecule has 1 aliphatic heterocycles. The summed E-state index contributed by atoms with van der Waals surface area (Å²) in [5, 5.41) is 10.2. The van der Waals surface area contributed by atoms with Crippen molar-refractivity contribution in [2.24, 2.45) is 5.10 Å². The average molecular weight is 312 g/mol. The molecule has 1 aliphatic rings. The van der Waals surface area contributed by atoms with Gasteiger partial charge in [-0.25, -0.2) is 8.42 Å². The van der Waals surface area contributed by atoms with Crippen LogP contribution in [0.15, 0.2) is 39.4 Å². The van der Waals surface area contributed by atoms with Gasteiger partial charge in [-0.05, 0) is 33.8 Å². The first kappa shape index (κ1) is 12.8. The van der Waals surface area contributed by atoms with E-state index in [4.69, 9.17) is 0 Å². The molecule has 0 saturated carbocycles. The maximum absolute atomic E-state index is 11.9. The van der Waals surface area contributed by atoms with Crippen molar-refractivity contribution < 1.29 is 8.42 Å². The molecule has 100 valence electrons. The molecule has 7 heteroatoms. The molecule has 0 unspecified atom stereocenters. The Balaban J connectivity index is 2.00. The largest absolute Gasteiger partial charge is 0.247 e. The highest BCUT2D eigenvalue weighted by Crippen LogP contribution is 2.36. The maximum atomic E-state index is 11.9. The second kappa shape index (κ2) is 4.73. The number of nitrogens with zero attached hydrogens (tertiary/aromatic N) is 2. The third-order valence-electron chi connectivity index (χ3n) is 2.95. The van der Waals surface area contributed by atoms with E-state index in [9.17, 15) is 8.42 Å². The van der Waals surface area contributed by atoms with E-state index >= 15 is 0 Å². The lowest BCUT2D eigenvalue weighted by Crippen LogP contribution is -2.25. The molecule has 0 aromatic carbocycles. The Morgan fingerprint density at radius 3 is 2.79 bits per heavy atom. The molecule has 19 heavy (non-hydrogen) atoms. The van der Waals surface area contributed by atoms with E-state index in [1.807, 2.05) is 34.3 Å². The van der Waals surface area contributed by atoms with Gasteiger partial charge in [0, 0.05) is 6.42 Å². The number of hydrazone groups is 1. The molecule has 4 nitrogen and oxygen atoms in total. The Hall–Kier alpha value is -1.18. The van der Waals surface area contributed by atoms with E-state index in [0.29, 0.717) is 6.42 Å². The Labute approximate surface area is 120 Å². The standard InChI is InChI=1S/C12H12N2O2S3/c1-19(15,16)14-11(9-4-6-17-8-9)7-10(13-14)12-3-2-5-18-12/h2-6,8,11H,7H2,1H3/t11-/m0/s1. The quantitative estimate of drug-likeness (QED) is 0.875. The van der Waals surface area contributed by atoms with Gasteiger partial charge >= 0.3 is 0 Å². The zero-order valence-corrected chi connectivity index (χ0v) is 12.6. The monoisotopic (exact) mass is 312 g/mol. The Bertz CT molecular complexity index is 687. The number of thiophene rings is 2. The zero-order chi connectivity index (χ0) is 13.5. The van der Waals surface area contributed by atoms with Gasteiger partial charge in [-0.15, -0.1) is 11.3 Å². The van der Waals surface area contributed by atoms with Gasteiger partial charge in [0.2, 0.25) is 10.0 Å². The predicted molar refractivity (Wildman–Crippen MR) is 79.2 cm³/mol. The van der Waals surface area contributed by atoms with Gasteiger partial charge in [0.1, 0.15) is 0 Å². The molecule has 0 fully saturated rings. The topological polar surface area (TPSA) is 49.7 Å². The van der Waals surface area contributed by atoms with Gasteiger partial charge in [0.05, 0.1) is 22.9 Å². The molecule has 0 saturated heterocycles. The van der Waals surface area contributed by atoms with Crippen LogP contribution in [0.1, 0.15) is 22.9 Å². The van der Waals surface area contributed by atoms with E-state index in [0.717, 1.165) is 16.2 Å². The van der Waals surface area contributed by atoms with E-state index in [1.54, 1.807) is 22.7 Å². The van der Waals surface area contributed by atoms with Crippen molar-refractivity contribution in [2.45, 2.75) is 12.5 Å². The summed E-state index contributed by atoms with van der Waals surface area (Å²) in [6, 6.07) is 5.67. The van der Waals surface area contributed by atoms with Crippen LogP contribution in [0.5, 0.6) is 0 Å². The van der Waals surface area contributed by atoms with Crippen LogP contribution in [-0.4, -0.2) is 24.8 Å². The van der Waals surface area contributed by atoms with Gasteiger partial charge < -0.3 is 0 Å². The summed E-state index contributed by atoms with van der Waals surface area (Å²) in [4.78, 5) is 1.03. The molecular formula is C12H12N2O2S3. The van der Waals surface area contributed by atoms with Gasteiger partial charge in [-0.3, -0.25) is 0 Å². The summed E-state index contributed by atoms with van der Waals surface area (Å²) in [5.74, 6) is 0. The average Bonchev–Trinajstić information content (AvgIpc) is 3.09. The smallest absolute Gasteiger partial charge is 0.205 e. The van der Waals surface area contributed by atoms with Crippen molar-refractivity contribution in [3.05, 3.63) is 44.8 Å². The molecular weight excluding hydrogens is 300 g/mol. The normalized spacial score (nSPS) is 19.7. The van der Waals surface area contributed by atoms with Gasteiger partial charge in [-0.1, -0.05) is 6.07 Å². The van der Waals surface area contributed by atoms with Gasteiger partial charge in [0.25, 0.3) is 0 Å². The summed E-state index contributed by atoms with van der Waals surface area (Å²) in [7, 11) is -3.35. The molecule has 0 spiro atoms. The van der Waals surface area contributed by atoms with Crippen LogP contribution in [-0.2, 0) is 10.0 Å².